The summed E-state index contributed by atoms with van der Waals surface area (Å²) >= 11 is 19.8. The third-order valence-corrected chi connectivity index (χ3v) is 23.1. The molecule has 0 unspecified atom stereocenters. The van der Waals surface area contributed by atoms with E-state index in [2.05, 4.69) is 347 Å². The molecule has 0 aliphatic carbocycles. The van der Waals surface area contributed by atoms with Crippen molar-refractivity contribution < 1.29 is 18.9 Å². The molecule has 0 radical (unpaired) electrons. The first-order valence-electron chi connectivity index (χ1n) is 39.4. The number of nitrogens with zero attached hydrogens (tertiary/aromatic N) is 9. The summed E-state index contributed by atoms with van der Waals surface area (Å²) in [6.45, 7) is 43.2. The van der Waals surface area contributed by atoms with Gasteiger partial charge in [-0.15, -0.1) is 0 Å². The van der Waals surface area contributed by atoms with E-state index in [-0.39, 0.29) is 36.2 Å². The number of rotatable bonds is 16. The first kappa shape index (κ1) is 94.5. The molecule has 116 heavy (non-hydrogen) atoms. The highest BCUT2D eigenvalue weighted by molar-refractivity contribution is 9.11. The van der Waals surface area contributed by atoms with Gasteiger partial charge in [-0.1, -0.05) is 136 Å². The van der Waals surface area contributed by atoms with E-state index in [0.29, 0.717) is 5.02 Å². The molecule has 2 aliphatic heterocycles. The van der Waals surface area contributed by atoms with Gasteiger partial charge in [-0.2, -0.15) is 0 Å². The van der Waals surface area contributed by atoms with Crippen molar-refractivity contribution >= 4 is 167 Å². The van der Waals surface area contributed by atoms with Crippen LogP contribution in [0.2, 0.25) is 5.02 Å². The van der Waals surface area contributed by atoms with E-state index in [1.54, 1.807) is 31.7 Å². The molecule has 4 heterocycles. The van der Waals surface area contributed by atoms with Crippen LogP contribution in [0.3, 0.4) is 0 Å². The molecule has 17 nitrogen and oxygen atoms in total. The summed E-state index contributed by atoms with van der Waals surface area (Å²) in [7, 11) is 8.14. The third-order valence-electron chi connectivity index (χ3n) is 20.9. The zero-order chi connectivity index (χ0) is 85.5. The average molecular weight is 1850 g/mol. The largest absolute Gasteiger partial charge is 0.494 e. The molecule has 616 valence electrons. The number of amides is 2. The van der Waals surface area contributed by atoms with Gasteiger partial charge in [0.2, 0.25) is 11.8 Å². The van der Waals surface area contributed by atoms with Crippen LogP contribution >= 0.6 is 75.3 Å². The van der Waals surface area contributed by atoms with Gasteiger partial charge in [-0.05, 0) is 264 Å². The zero-order valence-corrected chi connectivity index (χ0v) is 78.8. The third kappa shape index (κ3) is 26.7. The molecule has 0 saturated carbocycles. The van der Waals surface area contributed by atoms with E-state index in [0.717, 1.165) is 148 Å². The molecule has 0 bridgehead atoms. The Hall–Kier alpha value is -8.61. The van der Waals surface area contributed by atoms with Gasteiger partial charge < -0.3 is 55.5 Å². The van der Waals surface area contributed by atoms with Crippen LogP contribution in [-0.2, 0) is 18.9 Å². The number of hydrogen-bond acceptors (Lipinski definition) is 15. The van der Waals surface area contributed by atoms with Crippen LogP contribution in [0.1, 0.15) is 122 Å². The Balaban J connectivity index is 0.000000195. The second-order valence-corrected chi connectivity index (χ2v) is 34.3. The minimum absolute atomic E-state index is 0.0452. The Morgan fingerprint density at radius 3 is 1.37 bits per heavy atom. The second kappa shape index (κ2) is 44.3. The van der Waals surface area contributed by atoms with Crippen molar-refractivity contribution in [1.82, 2.24) is 24.8 Å². The SMILES string of the molecule is CC(=O)Nc1cc(Br)ccc1C.CCN(C)c1cc(-c2cc(Cl)cc3nccnc23)ccc1C.CCN(C)c1cc(-c2cc(N[C@H]3CCN(C(C)=O)C3)cc3nccnc23)ccc1C.CCN(C)c1cc(B2OC(C)(C)C(C)(C)O2)ccc1C.CCN(C)c1cc(Br)ccc1C.CCNc1cc(Br)ccc1C.Cc1ccc(Br)cc1N. The number of carbonyl (C=O) groups excluding carboxylic acids is 2. The number of likely N-dealkylation sites (tertiary alicyclic amines) is 1. The highest BCUT2D eigenvalue weighted by Crippen LogP contribution is 2.39. The van der Waals surface area contributed by atoms with Crippen molar-refractivity contribution in [2.75, 3.05) is 115 Å². The predicted octanol–water partition coefficient (Wildman–Crippen LogP) is 23.0. The van der Waals surface area contributed by atoms with Crippen molar-refractivity contribution in [3.8, 4) is 22.3 Å². The molecule has 1 atom stereocenters. The standard InChI is InChI=1S/C24H29N5O.C18H18ClN3.C16H26BNO2.C10H14BrN.C9H10BrNO.C9H12BrN.C7H8BrN/c1-5-28(4)23-12-18(7-6-16(23)2)21-13-20(14-22-24(21)26-10-9-25-22)27-19-8-11-29(15-19)17(3)30;1-4-22(3)17-9-13(6-5-12(17)2)15-10-14(19)11-16-18(15)21-8-7-20-16;1-8-18(7)14-11-13(10-9-12(14)2)17-19-15(3,4)16(5,6)20-17;1-4-12(3)10-7-9(11)6-5-8(10)2;1-6-3-4-8(10)5-9(6)11-7(2)12;1-3-11-9-6-8(10)5-4-7(9)2;1-5-2-3-6(8)4-7(5)9/h6-7,9-10,12-14,19,27H,5,8,11,15H2,1-4H3;5-11H,4H2,1-3H3;9-11H,8H2,1-7H3;5-7H,4H2,1-3H3;3-5H,1-2H3,(H,11,12);4-6,11H,3H2,1-2H3;2-4H,9H2,1H3/t19-;;;;;;/m0....../s1. The lowest BCUT2D eigenvalue weighted by Gasteiger charge is -2.32. The summed E-state index contributed by atoms with van der Waals surface area (Å²) in [5, 5.41) is 10.3. The zero-order valence-electron chi connectivity index (χ0n) is 71.7. The van der Waals surface area contributed by atoms with Gasteiger partial charge in [-0.25, -0.2) is 0 Å². The minimum Gasteiger partial charge on any atom is -0.399 e. The normalized spacial score (nSPS) is 13.4. The molecule has 11 aromatic rings. The Morgan fingerprint density at radius 2 is 0.914 bits per heavy atom. The number of aryl methyl sites for hydroxylation is 7. The Bertz CT molecular complexity index is 5120. The lowest BCUT2D eigenvalue weighted by Crippen LogP contribution is -2.41. The van der Waals surface area contributed by atoms with Crippen molar-refractivity contribution in [1.29, 1.82) is 0 Å². The van der Waals surface area contributed by atoms with E-state index in [9.17, 15) is 9.59 Å². The lowest BCUT2D eigenvalue weighted by molar-refractivity contribution is -0.127. The quantitative estimate of drug-likeness (QED) is 0.0529. The molecule has 2 fully saturated rings. The summed E-state index contributed by atoms with van der Waals surface area (Å²) in [6.07, 6.45) is 7.83. The molecule has 23 heteroatoms. The smallest absolute Gasteiger partial charge is 0.399 e. The highest BCUT2D eigenvalue weighted by Gasteiger charge is 2.52. The maximum Gasteiger partial charge on any atom is 0.494 e. The van der Waals surface area contributed by atoms with Gasteiger partial charge in [0.15, 0.2) is 0 Å². The molecule has 2 amide bonds. The predicted molar refractivity (Wildman–Crippen MR) is 510 cm³/mol. The Morgan fingerprint density at radius 1 is 0.509 bits per heavy atom. The van der Waals surface area contributed by atoms with Crippen LogP contribution in [0.5, 0.6) is 0 Å². The van der Waals surface area contributed by atoms with Gasteiger partial charge >= 0.3 is 7.12 Å². The molecule has 5 N–H and O–H groups in total. The highest BCUT2D eigenvalue weighted by atomic mass is 79.9. The van der Waals surface area contributed by atoms with Crippen LogP contribution in [0.15, 0.2) is 194 Å². The molecule has 2 saturated heterocycles. The number of nitrogens with one attached hydrogen (secondary N) is 3. The molecule has 13 rings (SSSR count). The number of benzene rings is 9. The summed E-state index contributed by atoms with van der Waals surface area (Å²) in [5.74, 6) is 0.0906. The van der Waals surface area contributed by atoms with Crippen molar-refractivity contribution in [2.45, 2.75) is 148 Å². The lowest BCUT2D eigenvalue weighted by atomic mass is 9.78. The van der Waals surface area contributed by atoms with Crippen LogP contribution in [0.4, 0.5) is 45.5 Å². The van der Waals surface area contributed by atoms with Crippen molar-refractivity contribution in [3.63, 3.8) is 0 Å². The number of halogens is 5. The van der Waals surface area contributed by atoms with Crippen LogP contribution < -0.4 is 46.7 Å². The molecular formula is C93H117BBr4ClN13O4. The maximum atomic E-state index is 11.7. The fourth-order valence-electron chi connectivity index (χ4n) is 12.8. The number of hydrogen-bond donors (Lipinski definition) is 4. The molecule has 9 aromatic carbocycles. The van der Waals surface area contributed by atoms with Crippen LogP contribution in [0.25, 0.3) is 44.3 Å². The molecule has 2 aromatic heterocycles. The fraction of sp³-hybridized carbons (Fsp3) is 0.355. The number of fused-ring (bicyclic) bond motifs is 2. The summed E-state index contributed by atoms with van der Waals surface area (Å²) in [4.78, 5) is 51.3. The van der Waals surface area contributed by atoms with Gasteiger partial charge in [0.1, 0.15) is 0 Å². The molecule has 2 aliphatic rings. The topological polar surface area (TPSA) is 182 Å². The van der Waals surface area contributed by atoms with Gasteiger partial charge in [0.05, 0.1) is 33.3 Å². The first-order valence-corrected chi connectivity index (χ1v) is 43.0. The van der Waals surface area contributed by atoms with Crippen LogP contribution in [0, 0.1) is 48.5 Å². The summed E-state index contributed by atoms with van der Waals surface area (Å²) in [6, 6.07) is 51.9. The summed E-state index contributed by atoms with van der Waals surface area (Å²) < 4.78 is 16.5. The Kier molecular flexibility index (Phi) is 36.1. The van der Waals surface area contributed by atoms with Gasteiger partial charge in [-0.3, -0.25) is 29.5 Å². The molecule has 0 spiro atoms. The molecular weight excluding hydrogens is 1730 g/mol. The first-order chi connectivity index (χ1) is 54.9. The average Bonchev–Trinajstić information content (AvgIpc) is 1.54. The van der Waals surface area contributed by atoms with Crippen molar-refractivity contribution in [3.05, 3.63) is 238 Å². The van der Waals surface area contributed by atoms with E-state index in [1.165, 1.54) is 63.2 Å². The van der Waals surface area contributed by atoms with Gasteiger partial charge in [0.25, 0.3) is 0 Å². The van der Waals surface area contributed by atoms with E-state index in [1.807, 2.05) is 67.3 Å². The van der Waals surface area contributed by atoms with Gasteiger partial charge in [0, 0.05) is 198 Å². The maximum absolute atomic E-state index is 11.7. The fourth-order valence-corrected chi connectivity index (χ4v) is 14.4. The number of aromatic nitrogens is 4. The number of anilines is 8. The number of nitrogens with two attached hydrogens (primary N) is 1. The van der Waals surface area contributed by atoms with Crippen molar-refractivity contribution in [2.24, 2.45) is 0 Å². The minimum atomic E-state index is -0.292. The summed E-state index contributed by atoms with van der Waals surface area (Å²) in [5.41, 5.74) is 31.3. The monoisotopic (exact) mass is 1840 g/mol. The van der Waals surface area contributed by atoms with E-state index >= 15 is 0 Å². The number of carbonyl (C=O) groups is 2. The Labute approximate surface area is 729 Å². The number of nitrogen functional groups attached to an aromatic ring is 1. The van der Waals surface area contributed by atoms with E-state index in [4.69, 9.17) is 26.6 Å². The van der Waals surface area contributed by atoms with Crippen LogP contribution in [-0.4, -0.2) is 135 Å². The second-order valence-electron chi connectivity index (χ2n) is 30.2. The van der Waals surface area contributed by atoms with E-state index < -0.39 is 0 Å².